The zero-order chi connectivity index (χ0) is 12.7. The summed E-state index contributed by atoms with van der Waals surface area (Å²) in [7, 11) is 0. The van der Waals surface area contributed by atoms with Gasteiger partial charge < -0.3 is 5.11 Å². The Morgan fingerprint density at radius 3 is 2.50 bits per heavy atom. The third-order valence-electron chi connectivity index (χ3n) is 3.06. The van der Waals surface area contributed by atoms with Crippen molar-refractivity contribution in [3.05, 3.63) is 47.8 Å². The maximum atomic E-state index is 9.51. The number of pyridine rings is 1. The second-order valence-corrected chi connectivity index (χ2v) is 4.37. The standard InChI is InChI=1S/C14H13N3O/c1-9-4-3-5-10(2)13(9)17-8-15-11-6-7-12(18)16-14(11)17/h3-8H,1-2H3,(H,16,18). The topological polar surface area (TPSA) is 50.9 Å². The molecule has 2 aromatic heterocycles. The van der Waals surface area contributed by atoms with E-state index >= 15 is 0 Å². The van der Waals surface area contributed by atoms with Crippen LogP contribution in [-0.2, 0) is 0 Å². The van der Waals surface area contributed by atoms with Crippen molar-refractivity contribution in [2.75, 3.05) is 0 Å². The summed E-state index contributed by atoms with van der Waals surface area (Å²) in [6, 6.07) is 9.44. The molecule has 0 saturated heterocycles. The number of rotatable bonds is 1. The highest BCUT2D eigenvalue weighted by Crippen LogP contribution is 2.23. The van der Waals surface area contributed by atoms with Gasteiger partial charge in [0.15, 0.2) is 5.65 Å². The van der Waals surface area contributed by atoms with E-state index in [0.29, 0.717) is 5.65 Å². The van der Waals surface area contributed by atoms with Crippen LogP contribution in [0.4, 0.5) is 0 Å². The van der Waals surface area contributed by atoms with Crippen molar-refractivity contribution >= 4 is 11.2 Å². The van der Waals surface area contributed by atoms with Crippen molar-refractivity contribution in [1.82, 2.24) is 14.5 Å². The third-order valence-corrected chi connectivity index (χ3v) is 3.06. The molecule has 1 N–H and O–H groups in total. The van der Waals surface area contributed by atoms with Gasteiger partial charge in [0.1, 0.15) is 11.8 Å². The van der Waals surface area contributed by atoms with Crippen molar-refractivity contribution in [2.45, 2.75) is 13.8 Å². The number of para-hydroxylation sites is 1. The predicted molar refractivity (Wildman–Crippen MR) is 70.0 cm³/mol. The molecule has 0 amide bonds. The number of aryl methyl sites for hydroxylation is 2. The van der Waals surface area contributed by atoms with Crippen LogP contribution >= 0.6 is 0 Å². The number of aromatic nitrogens is 3. The van der Waals surface area contributed by atoms with Gasteiger partial charge in [-0.3, -0.25) is 4.57 Å². The van der Waals surface area contributed by atoms with Crippen molar-refractivity contribution < 1.29 is 5.11 Å². The van der Waals surface area contributed by atoms with E-state index in [1.807, 2.05) is 10.6 Å². The first kappa shape index (κ1) is 10.8. The number of benzene rings is 1. The van der Waals surface area contributed by atoms with Crippen LogP contribution in [0.3, 0.4) is 0 Å². The Morgan fingerprint density at radius 2 is 1.78 bits per heavy atom. The van der Waals surface area contributed by atoms with Gasteiger partial charge in [0, 0.05) is 6.07 Å². The smallest absolute Gasteiger partial charge is 0.212 e. The van der Waals surface area contributed by atoms with Crippen LogP contribution in [0.5, 0.6) is 5.88 Å². The molecular weight excluding hydrogens is 226 g/mol. The normalized spacial score (nSPS) is 11.0. The molecule has 0 radical (unpaired) electrons. The molecule has 1 aromatic carbocycles. The van der Waals surface area contributed by atoms with Crippen LogP contribution in [-0.4, -0.2) is 19.6 Å². The zero-order valence-corrected chi connectivity index (χ0v) is 10.3. The highest BCUT2D eigenvalue weighted by Gasteiger charge is 2.10. The molecule has 0 spiro atoms. The van der Waals surface area contributed by atoms with E-state index in [-0.39, 0.29) is 5.88 Å². The van der Waals surface area contributed by atoms with E-state index in [0.717, 1.165) is 22.3 Å². The van der Waals surface area contributed by atoms with Gasteiger partial charge in [-0.15, -0.1) is 0 Å². The number of aromatic hydroxyl groups is 1. The Morgan fingerprint density at radius 1 is 1.06 bits per heavy atom. The minimum absolute atomic E-state index is 0.00971. The first-order chi connectivity index (χ1) is 8.66. The first-order valence-corrected chi connectivity index (χ1v) is 5.76. The number of imidazole rings is 1. The van der Waals surface area contributed by atoms with E-state index in [1.165, 1.54) is 0 Å². The van der Waals surface area contributed by atoms with Crippen LogP contribution in [0, 0.1) is 13.8 Å². The van der Waals surface area contributed by atoms with Crippen molar-refractivity contribution in [3.63, 3.8) is 0 Å². The van der Waals surface area contributed by atoms with Crippen LogP contribution in [0.2, 0.25) is 0 Å². The van der Waals surface area contributed by atoms with Gasteiger partial charge in [0.2, 0.25) is 5.88 Å². The quantitative estimate of drug-likeness (QED) is 0.710. The summed E-state index contributed by atoms with van der Waals surface area (Å²) in [5, 5.41) is 9.51. The Bertz CT molecular complexity index is 711. The van der Waals surface area contributed by atoms with Gasteiger partial charge in [-0.05, 0) is 31.0 Å². The maximum absolute atomic E-state index is 9.51. The van der Waals surface area contributed by atoms with Gasteiger partial charge in [0.05, 0.1) is 5.69 Å². The number of fused-ring (bicyclic) bond motifs is 1. The van der Waals surface area contributed by atoms with Crippen molar-refractivity contribution in [1.29, 1.82) is 0 Å². The molecule has 0 bridgehead atoms. The Labute approximate surface area is 105 Å². The summed E-state index contributed by atoms with van der Waals surface area (Å²) in [4.78, 5) is 8.46. The lowest BCUT2D eigenvalue weighted by Crippen LogP contribution is -1.99. The summed E-state index contributed by atoms with van der Waals surface area (Å²) in [5.41, 5.74) is 4.82. The number of nitrogens with zero attached hydrogens (tertiary/aromatic N) is 3. The fourth-order valence-electron chi connectivity index (χ4n) is 2.23. The van der Waals surface area contributed by atoms with Gasteiger partial charge in [-0.2, -0.15) is 4.98 Å². The van der Waals surface area contributed by atoms with E-state index in [9.17, 15) is 5.11 Å². The minimum Gasteiger partial charge on any atom is -0.493 e. The molecule has 0 aliphatic heterocycles. The van der Waals surface area contributed by atoms with Crippen LogP contribution in [0.25, 0.3) is 16.9 Å². The first-order valence-electron chi connectivity index (χ1n) is 5.76. The second-order valence-electron chi connectivity index (χ2n) is 4.37. The number of hydrogen-bond acceptors (Lipinski definition) is 3. The molecule has 3 rings (SSSR count). The summed E-state index contributed by atoms with van der Waals surface area (Å²) < 4.78 is 1.92. The maximum Gasteiger partial charge on any atom is 0.212 e. The highest BCUT2D eigenvalue weighted by molar-refractivity contribution is 5.74. The number of hydrogen-bond donors (Lipinski definition) is 1. The molecule has 0 aliphatic rings. The highest BCUT2D eigenvalue weighted by atomic mass is 16.3. The average molecular weight is 239 g/mol. The monoisotopic (exact) mass is 239 g/mol. The van der Waals surface area contributed by atoms with Gasteiger partial charge in [-0.1, -0.05) is 18.2 Å². The molecule has 2 heterocycles. The molecule has 4 heteroatoms. The fraction of sp³-hybridized carbons (Fsp3) is 0.143. The van der Waals surface area contributed by atoms with E-state index in [4.69, 9.17) is 0 Å². The molecule has 0 saturated carbocycles. The van der Waals surface area contributed by atoms with Crippen LogP contribution in [0.15, 0.2) is 36.7 Å². The predicted octanol–water partition coefficient (Wildman–Crippen LogP) is 2.74. The van der Waals surface area contributed by atoms with Crippen LogP contribution < -0.4 is 0 Å². The summed E-state index contributed by atoms with van der Waals surface area (Å²) in [6.45, 7) is 4.11. The summed E-state index contributed by atoms with van der Waals surface area (Å²) >= 11 is 0. The SMILES string of the molecule is Cc1cccc(C)c1-n1cnc2ccc(O)nc21. The lowest BCUT2D eigenvalue weighted by Gasteiger charge is -2.10. The lowest BCUT2D eigenvalue weighted by molar-refractivity contribution is 0.455. The van der Waals surface area contributed by atoms with Crippen LogP contribution in [0.1, 0.15) is 11.1 Å². The van der Waals surface area contributed by atoms with E-state index < -0.39 is 0 Å². The van der Waals surface area contributed by atoms with Gasteiger partial charge in [-0.25, -0.2) is 4.98 Å². The Balaban J connectivity index is 2.35. The zero-order valence-electron chi connectivity index (χ0n) is 10.3. The van der Waals surface area contributed by atoms with Gasteiger partial charge in [0.25, 0.3) is 0 Å². The molecule has 0 atom stereocenters. The summed E-state index contributed by atoms with van der Waals surface area (Å²) in [6.07, 6.45) is 1.74. The van der Waals surface area contributed by atoms with Gasteiger partial charge >= 0.3 is 0 Å². The molecule has 4 nitrogen and oxygen atoms in total. The molecule has 90 valence electrons. The molecule has 18 heavy (non-hydrogen) atoms. The molecule has 0 unspecified atom stereocenters. The molecule has 3 aromatic rings. The Hall–Kier alpha value is -2.36. The second kappa shape index (κ2) is 3.84. The Kier molecular flexibility index (Phi) is 2.30. The van der Waals surface area contributed by atoms with Crippen molar-refractivity contribution in [3.8, 4) is 11.6 Å². The largest absolute Gasteiger partial charge is 0.493 e. The molecule has 0 aliphatic carbocycles. The lowest BCUT2D eigenvalue weighted by atomic mass is 10.1. The summed E-state index contributed by atoms with van der Waals surface area (Å²) in [5.74, 6) is 0.00971. The van der Waals surface area contributed by atoms with E-state index in [1.54, 1.807) is 18.5 Å². The van der Waals surface area contributed by atoms with Crippen molar-refractivity contribution in [2.24, 2.45) is 0 Å². The minimum atomic E-state index is 0.00971. The molecule has 0 fully saturated rings. The third kappa shape index (κ3) is 1.54. The molecular formula is C14H13N3O. The fourth-order valence-corrected chi connectivity index (χ4v) is 2.23. The van der Waals surface area contributed by atoms with E-state index in [2.05, 4.69) is 35.9 Å². The average Bonchev–Trinajstić information content (AvgIpc) is 2.72.